The highest BCUT2D eigenvalue weighted by Gasteiger charge is 2.14. The Morgan fingerprint density at radius 3 is 2.83 bits per heavy atom. The maximum absolute atomic E-state index is 11.1. The molecule has 0 atom stereocenters. The highest BCUT2D eigenvalue weighted by molar-refractivity contribution is 5.88. The maximum Gasteiger partial charge on any atom is 0.222 e. The molecule has 0 aliphatic carbocycles. The Morgan fingerprint density at radius 2 is 2.13 bits per heavy atom. The molecule has 2 heterocycles. The number of nitrogens with one attached hydrogen (secondary N) is 2. The van der Waals surface area contributed by atoms with Crippen molar-refractivity contribution in [1.29, 1.82) is 0 Å². The quantitative estimate of drug-likeness (QED) is 0.890. The van der Waals surface area contributed by atoms with E-state index in [1.807, 2.05) is 12.3 Å². The number of rotatable bonds is 5. The lowest BCUT2D eigenvalue weighted by Crippen LogP contribution is -2.30. The summed E-state index contributed by atoms with van der Waals surface area (Å²) in [5.74, 6) is 0.711. The fourth-order valence-electron chi connectivity index (χ4n) is 2.95. The highest BCUT2D eigenvalue weighted by Crippen LogP contribution is 2.24. The second-order valence-electron chi connectivity index (χ2n) is 6.00. The van der Waals surface area contributed by atoms with Gasteiger partial charge in [0.25, 0.3) is 0 Å². The van der Waals surface area contributed by atoms with Gasteiger partial charge in [0.15, 0.2) is 0 Å². The number of H-pyrrole nitrogens is 1. The molecule has 23 heavy (non-hydrogen) atoms. The summed E-state index contributed by atoms with van der Waals surface area (Å²) in [5.41, 5.74) is 3.93. The molecular formula is C19H23N3O. The number of anilines is 1. The number of nitrogens with zero attached hydrogens (tertiary/aromatic N) is 1. The third-order valence-electron chi connectivity index (χ3n) is 4.22. The van der Waals surface area contributed by atoms with Crippen LogP contribution in [-0.4, -0.2) is 35.4 Å². The molecule has 0 radical (unpaired) electrons. The first-order chi connectivity index (χ1) is 11.2. The zero-order valence-corrected chi connectivity index (χ0v) is 13.5. The Morgan fingerprint density at radius 1 is 1.30 bits per heavy atom. The lowest BCUT2D eigenvalue weighted by atomic mass is 10.0. The van der Waals surface area contributed by atoms with E-state index in [2.05, 4.69) is 51.6 Å². The van der Waals surface area contributed by atoms with Crippen LogP contribution in [0.25, 0.3) is 5.57 Å². The molecule has 0 fully saturated rings. The van der Waals surface area contributed by atoms with Gasteiger partial charge >= 0.3 is 0 Å². The van der Waals surface area contributed by atoms with Gasteiger partial charge in [-0.25, -0.2) is 0 Å². The van der Waals surface area contributed by atoms with Crippen LogP contribution in [-0.2, 0) is 11.2 Å². The van der Waals surface area contributed by atoms with Gasteiger partial charge in [0.2, 0.25) is 5.91 Å². The molecule has 4 nitrogen and oxygen atoms in total. The zero-order valence-electron chi connectivity index (χ0n) is 13.5. The van der Waals surface area contributed by atoms with Crippen molar-refractivity contribution >= 4 is 17.3 Å². The number of carbonyl (C=O) groups excluding carboxylic acids is 1. The second kappa shape index (κ2) is 7.29. The summed E-state index contributed by atoms with van der Waals surface area (Å²) >= 11 is 0. The van der Waals surface area contributed by atoms with E-state index in [-0.39, 0.29) is 5.91 Å². The van der Waals surface area contributed by atoms with Crippen LogP contribution in [0.2, 0.25) is 0 Å². The zero-order chi connectivity index (χ0) is 16.1. The Labute approximate surface area is 137 Å². The molecule has 3 rings (SSSR count). The molecule has 1 aromatic heterocycles. The molecule has 2 aromatic rings. The van der Waals surface area contributed by atoms with Crippen molar-refractivity contribution in [2.24, 2.45) is 0 Å². The van der Waals surface area contributed by atoms with E-state index in [1.54, 1.807) is 0 Å². The minimum Gasteiger partial charge on any atom is -0.348 e. The van der Waals surface area contributed by atoms with Gasteiger partial charge in [-0.3, -0.25) is 9.69 Å². The molecule has 4 heteroatoms. The Hall–Kier alpha value is -2.33. The van der Waals surface area contributed by atoms with Crippen molar-refractivity contribution in [3.63, 3.8) is 0 Å². The van der Waals surface area contributed by atoms with Crippen molar-refractivity contribution in [3.8, 4) is 0 Å². The molecule has 0 saturated heterocycles. The van der Waals surface area contributed by atoms with Crippen LogP contribution in [0.15, 0.2) is 48.7 Å². The van der Waals surface area contributed by atoms with Crippen LogP contribution in [0.5, 0.6) is 0 Å². The van der Waals surface area contributed by atoms with E-state index in [9.17, 15) is 4.79 Å². The van der Waals surface area contributed by atoms with Gasteiger partial charge < -0.3 is 10.3 Å². The molecule has 2 N–H and O–H groups in total. The van der Waals surface area contributed by atoms with E-state index in [0.717, 1.165) is 38.3 Å². The van der Waals surface area contributed by atoms with E-state index in [1.165, 1.54) is 23.6 Å². The van der Waals surface area contributed by atoms with Crippen LogP contribution < -0.4 is 5.32 Å². The molecule has 120 valence electrons. The molecule has 0 saturated carbocycles. The summed E-state index contributed by atoms with van der Waals surface area (Å²) in [6, 6.07) is 12.6. The summed E-state index contributed by atoms with van der Waals surface area (Å²) < 4.78 is 0. The molecule has 1 amide bonds. The minimum atomic E-state index is -0.0527. The lowest BCUT2D eigenvalue weighted by molar-refractivity contribution is -0.114. The molecule has 1 aliphatic rings. The number of aromatic amines is 1. The van der Waals surface area contributed by atoms with E-state index in [0.29, 0.717) is 0 Å². The van der Waals surface area contributed by atoms with E-state index in [4.69, 9.17) is 0 Å². The normalized spacial score (nSPS) is 15.3. The van der Waals surface area contributed by atoms with Crippen LogP contribution in [0, 0.1) is 0 Å². The van der Waals surface area contributed by atoms with Gasteiger partial charge in [-0.2, -0.15) is 0 Å². The van der Waals surface area contributed by atoms with Crippen molar-refractivity contribution in [1.82, 2.24) is 9.88 Å². The predicted octanol–water partition coefficient (Wildman–Crippen LogP) is 3.30. The third kappa shape index (κ3) is 4.33. The topological polar surface area (TPSA) is 48.1 Å². The van der Waals surface area contributed by atoms with Crippen molar-refractivity contribution in [2.45, 2.75) is 19.8 Å². The number of benzene rings is 1. The SMILES string of the molecule is CC(=O)Nc1cc(C2=CCN(CCc3ccccc3)CC2)c[nH]1. The van der Waals surface area contributed by atoms with E-state index < -0.39 is 0 Å². The monoisotopic (exact) mass is 309 g/mol. The summed E-state index contributed by atoms with van der Waals surface area (Å²) in [6.45, 7) is 4.69. The number of carbonyl (C=O) groups is 1. The van der Waals surface area contributed by atoms with Crippen LogP contribution in [0.1, 0.15) is 24.5 Å². The molecule has 0 bridgehead atoms. The number of hydrogen-bond acceptors (Lipinski definition) is 2. The van der Waals surface area contributed by atoms with Gasteiger partial charge in [-0.15, -0.1) is 0 Å². The maximum atomic E-state index is 11.1. The molecule has 1 aliphatic heterocycles. The van der Waals surface area contributed by atoms with Gasteiger partial charge in [-0.05, 0) is 35.6 Å². The first-order valence-electron chi connectivity index (χ1n) is 8.12. The van der Waals surface area contributed by atoms with Gasteiger partial charge in [-0.1, -0.05) is 36.4 Å². The van der Waals surface area contributed by atoms with E-state index >= 15 is 0 Å². The summed E-state index contributed by atoms with van der Waals surface area (Å²) in [6.07, 6.45) is 6.42. The molecule has 0 unspecified atom stereocenters. The van der Waals surface area contributed by atoms with Crippen molar-refractivity contribution in [2.75, 3.05) is 25.0 Å². The average molecular weight is 309 g/mol. The fourth-order valence-corrected chi connectivity index (χ4v) is 2.95. The highest BCUT2D eigenvalue weighted by atomic mass is 16.1. The number of hydrogen-bond donors (Lipinski definition) is 2. The lowest BCUT2D eigenvalue weighted by Gasteiger charge is -2.26. The predicted molar refractivity (Wildman–Crippen MR) is 94.3 cm³/mol. The Bertz CT molecular complexity index is 688. The summed E-state index contributed by atoms with van der Waals surface area (Å²) in [4.78, 5) is 16.7. The third-order valence-corrected chi connectivity index (χ3v) is 4.22. The summed E-state index contributed by atoms with van der Waals surface area (Å²) in [7, 11) is 0. The molecule has 1 aromatic carbocycles. The summed E-state index contributed by atoms with van der Waals surface area (Å²) in [5, 5.41) is 2.78. The minimum absolute atomic E-state index is 0.0527. The van der Waals surface area contributed by atoms with Crippen LogP contribution in [0.4, 0.5) is 5.82 Å². The van der Waals surface area contributed by atoms with Gasteiger partial charge in [0.1, 0.15) is 5.82 Å². The first kappa shape index (κ1) is 15.6. The van der Waals surface area contributed by atoms with Crippen molar-refractivity contribution < 1.29 is 4.79 Å². The van der Waals surface area contributed by atoms with Crippen LogP contribution in [0.3, 0.4) is 0 Å². The smallest absolute Gasteiger partial charge is 0.222 e. The standard InChI is InChI=1S/C19H23N3O/c1-15(23)21-19-13-18(14-20-19)17-8-11-22(12-9-17)10-7-16-5-3-2-4-6-16/h2-6,8,13-14,20H,7,9-12H2,1H3,(H,21,23). The van der Waals surface area contributed by atoms with Crippen molar-refractivity contribution in [3.05, 3.63) is 59.8 Å². The Kier molecular flexibility index (Phi) is 4.93. The van der Waals surface area contributed by atoms with Gasteiger partial charge in [0, 0.05) is 32.8 Å². The van der Waals surface area contributed by atoms with Crippen LogP contribution >= 0.6 is 0 Å². The largest absolute Gasteiger partial charge is 0.348 e. The fraction of sp³-hybridized carbons (Fsp3) is 0.316. The second-order valence-corrected chi connectivity index (χ2v) is 6.00. The average Bonchev–Trinajstić information content (AvgIpc) is 3.02. The molecular weight excluding hydrogens is 286 g/mol. The first-order valence-corrected chi connectivity index (χ1v) is 8.12. The number of amides is 1. The number of aromatic nitrogens is 1. The van der Waals surface area contributed by atoms with Gasteiger partial charge in [0.05, 0.1) is 0 Å². The Balaban J connectivity index is 1.53. The molecule has 0 spiro atoms.